The van der Waals surface area contributed by atoms with Crippen molar-refractivity contribution in [3.63, 3.8) is 0 Å². The molecule has 4 nitrogen and oxygen atoms in total. The molecule has 1 heterocycles. The third kappa shape index (κ3) is 4.73. The summed E-state index contributed by atoms with van der Waals surface area (Å²) in [6, 6.07) is 8.97. The summed E-state index contributed by atoms with van der Waals surface area (Å²) in [6.45, 7) is 6.56. The van der Waals surface area contributed by atoms with E-state index in [4.69, 9.17) is 4.74 Å². The molecule has 0 unspecified atom stereocenters. The highest BCUT2D eigenvalue weighted by Gasteiger charge is 2.23. The first-order chi connectivity index (χ1) is 10.6. The number of benzene rings is 1. The molecular weight excluding hydrogens is 276 g/mol. The van der Waals surface area contributed by atoms with Gasteiger partial charge in [-0.05, 0) is 36.5 Å². The van der Waals surface area contributed by atoms with Gasteiger partial charge in [-0.3, -0.25) is 4.79 Å². The molecule has 0 aliphatic carbocycles. The molecule has 0 spiro atoms. The van der Waals surface area contributed by atoms with Gasteiger partial charge >= 0.3 is 0 Å². The van der Waals surface area contributed by atoms with Gasteiger partial charge < -0.3 is 15.0 Å². The number of methoxy groups -OCH3 is 1. The van der Waals surface area contributed by atoms with Crippen molar-refractivity contribution in [2.75, 3.05) is 32.1 Å². The number of nitrogens with zero attached hydrogens (tertiary/aromatic N) is 1. The van der Waals surface area contributed by atoms with Gasteiger partial charge in [0, 0.05) is 31.9 Å². The number of anilines is 1. The average Bonchev–Trinajstić information content (AvgIpc) is 2.53. The van der Waals surface area contributed by atoms with Crippen LogP contribution in [0.15, 0.2) is 24.3 Å². The second-order valence-electron chi connectivity index (χ2n) is 6.34. The van der Waals surface area contributed by atoms with E-state index in [0.29, 0.717) is 25.0 Å². The lowest BCUT2D eigenvalue weighted by Crippen LogP contribution is -2.45. The Morgan fingerprint density at radius 2 is 2.09 bits per heavy atom. The molecule has 1 aliphatic rings. The molecule has 1 atom stereocenters. The molecule has 2 rings (SSSR count). The second-order valence-corrected chi connectivity index (χ2v) is 6.34. The monoisotopic (exact) mass is 304 g/mol. The van der Waals surface area contributed by atoms with Gasteiger partial charge in [0.15, 0.2) is 0 Å². The van der Waals surface area contributed by atoms with Crippen LogP contribution in [0.5, 0.6) is 0 Å². The predicted molar refractivity (Wildman–Crippen MR) is 90.2 cm³/mol. The Labute approximate surface area is 133 Å². The van der Waals surface area contributed by atoms with E-state index >= 15 is 0 Å². The van der Waals surface area contributed by atoms with Crippen LogP contribution >= 0.6 is 0 Å². The summed E-state index contributed by atoms with van der Waals surface area (Å²) < 4.78 is 4.99. The van der Waals surface area contributed by atoms with Crippen molar-refractivity contribution in [3.05, 3.63) is 29.8 Å². The van der Waals surface area contributed by atoms with E-state index in [9.17, 15) is 4.79 Å². The van der Waals surface area contributed by atoms with Crippen LogP contribution in [0.3, 0.4) is 0 Å². The Hall–Kier alpha value is -1.55. The zero-order valence-electron chi connectivity index (χ0n) is 14.0. The van der Waals surface area contributed by atoms with Crippen LogP contribution < -0.4 is 5.32 Å². The van der Waals surface area contributed by atoms with E-state index in [1.54, 1.807) is 7.11 Å². The number of hydrogen-bond donors (Lipinski definition) is 1. The van der Waals surface area contributed by atoms with Crippen molar-refractivity contribution >= 4 is 11.6 Å². The van der Waals surface area contributed by atoms with Gasteiger partial charge in [0.1, 0.15) is 0 Å². The largest absolute Gasteiger partial charge is 0.384 e. The molecule has 1 amide bonds. The molecular formula is C18H28N2O2. The third-order valence-corrected chi connectivity index (χ3v) is 4.24. The lowest BCUT2D eigenvalue weighted by molar-refractivity contribution is -0.133. The zero-order valence-corrected chi connectivity index (χ0v) is 14.0. The van der Waals surface area contributed by atoms with E-state index in [-0.39, 0.29) is 5.91 Å². The smallest absolute Gasteiger partial charge is 0.224 e. The van der Waals surface area contributed by atoms with Gasteiger partial charge in [0.2, 0.25) is 5.91 Å². The fourth-order valence-corrected chi connectivity index (χ4v) is 2.87. The summed E-state index contributed by atoms with van der Waals surface area (Å²) >= 11 is 0. The highest BCUT2D eigenvalue weighted by Crippen LogP contribution is 2.20. The van der Waals surface area contributed by atoms with Crippen molar-refractivity contribution in [2.45, 2.75) is 45.1 Å². The van der Waals surface area contributed by atoms with Crippen LogP contribution in [0.25, 0.3) is 0 Å². The lowest BCUT2D eigenvalue weighted by Gasteiger charge is -2.33. The minimum absolute atomic E-state index is 0.198. The van der Waals surface area contributed by atoms with Gasteiger partial charge in [-0.15, -0.1) is 0 Å². The molecule has 0 radical (unpaired) electrons. The molecule has 1 aliphatic heterocycles. The highest BCUT2D eigenvalue weighted by atomic mass is 16.5. The Bertz CT molecular complexity index is 470. The minimum atomic E-state index is 0.198. The number of ether oxygens (including phenoxy) is 1. The van der Waals surface area contributed by atoms with E-state index < -0.39 is 0 Å². The van der Waals surface area contributed by atoms with Crippen LogP contribution in [-0.2, 0) is 9.53 Å². The van der Waals surface area contributed by atoms with E-state index in [2.05, 4.69) is 43.4 Å². The fourth-order valence-electron chi connectivity index (χ4n) is 2.87. The SMILES string of the molecule is COCCC(=O)N1CCC[C@@H](Nc2ccc(C(C)C)cc2)C1. The molecule has 22 heavy (non-hydrogen) atoms. The number of nitrogens with one attached hydrogen (secondary N) is 1. The van der Waals surface area contributed by atoms with Gasteiger partial charge in [0.25, 0.3) is 0 Å². The maximum Gasteiger partial charge on any atom is 0.224 e. The molecule has 1 fully saturated rings. The highest BCUT2D eigenvalue weighted by molar-refractivity contribution is 5.76. The van der Waals surface area contributed by atoms with Crippen LogP contribution in [0.1, 0.15) is 44.6 Å². The average molecular weight is 304 g/mol. The minimum Gasteiger partial charge on any atom is -0.384 e. The molecule has 0 bridgehead atoms. The van der Waals surface area contributed by atoms with Crippen molar-refractivity contribution < 1.29 is 9.53 Å². The van der Waals surface area contributed by atoms with Gasteiger partial charge in [0.05, 0.1) is 13.0 Å². The van der Waals surface area contributed by atoms with Crippen molar-refractivity contribution in [2.24, 2.45) is 0 Å². The molecule has 1 N–H and O–H groups in total. The Kier molecular flexibility index (Phi) is 6.25. The molecule has 0 saturated carbocycles. The van der Waals surface area contributed by atoms with Crippen LogP contribution in [0.4, 0.5) is 5.69 Å². The Balaban J connectivity index is 1.88. The quantitative estimate of drug-likeness (QED) is 0.877. The van der Waals surface area contributed by atoms with Crippen LogP contribution in [-0.4, -0.2) is 43.7 Å². The molecule has 0 aromatic heterocycles. The number of piperidine rings is 1. The lowest BCUT2D eigenvalue weighted by atomic mass is 10.0. The van der Waals surface area contributed by atoms with Gasteiger partial charge in [-0.25, -0.2) is 0 Å². The second kappa shape index (κ2) is 8.18. The summed E-state index contributed by atoms with van der Waals surface area (Å²) in [5.74, 6) is 0.751. The van der Waals surface area contributed by atoms with E-state index in [1.807, 2.05) is 4.90 Å². The van der Waals surface area contributed by atoms with E-state index in [1.165, 1.54) is 5.56 Å². The third-order valence-electron chi connectivity index (χ3n) is 4.24. The van der Waals surface area contributed by atoms with Crippen LogP contribution in [0.2, 0.25) is 0 Å². The number of carbonyl (C=O) groups is 1. The van der Waals surface area contributed by atoms with Crippen molar-refractivity contribution in [3.8, 4) is 0 Å². The van der Waals surface area contributed by atoms with Gasteiger partial charge in [-0.2, -0.15) is 0 Å². The van der Waals surface area contributed by atoms with E-state index in [0.717, 1.165) is 31.6 Å². The maximum absolute atomic E-state index is 12.1. The summed E-state index contributed by atoms with van der Waals surface area (Å²) in [5, 5.41) is 3.56. The fraction of sp³-hybridized carbons (Fsp3) is 0.611. The van der Waals surface area contributed by atoms with Crippen molar-refractivity contribution in [1.29, 1.82) is 0 Å². The Morgan fingerprint density at radius 1 is 1.36 bits per heavy atom. The van der Waals surface area contributed by atoms with Crippen LogP contribution in [0, 0.1) is 0 Å². The molecule has 4 heteroatoms. The summed E-state index contributed by atoms with van der Waals surface area (Å²) in [7, 11) is 1.63. The molecule has 1 aromatic rings. The maximum atomic E-state index is 12.1. The van der Waals surface area contributed by atoms with Crippen molar-refractivity contribution in [1.82, 2.24) is 4.90 Å². The number of likely N-dealkylation sites (tertiary alicyclic amines) is 1. The molecule has 1 aromatic carbocycles. The number of carbonyl (C=O) groups excluding carboxylic acids is 1. The number of amides is 1. The van der Waals surface area contributed by atoms with Gasteiger partial charge in [-0.1, -0.05) is 26.0 Å². The summed E-state index contributed by atoms with van der Waals surface area (Å²) in [4.78, 5) is 14.1. The Morgan fingerprint density at radius 3 is 2.73 bits per heavy atom. The number of rotatable bonds is 6. The molecule has 1 saturated heterocycles. The number of hydrogen-bond acceptors (Lipinski definition) is 3. The standard InChI is InChI=1S/C18H28N2O2/c1-14(2)15-6-8-16(9-7-15)19-17-5-4-11-20(13-17)18(21)10-12-22-3/h6-9,14,17,19H,4-5,10-13H2,1-3H3/t17-/m1/s1. The molecule has 122 valence electrons. The normalized spacial score (nSPS) is 18.5. The first-order valence-corrected chi connectivity index (χ1v) is 8.23. The first-order valence-electron chi connectivity index (χ1n) is 8.23. The first kappa shape index (κ1) is 16.8. The zero-order chi connectivity index (χ0) is 15.9. The predicted octanol–water partition coefficient (Wildman–Crippen LogP) is 3.25. The topological polar surface area (TPSA) is 41.6 Å². The summed E-state index contributed by atoms with van der Waals surface area (Å²) in [6.07, 6.45) is 2.65. The summed E-state index contributed by atoms with van der Waals surface area (Å²) in [5.41, 5.74) is 2.49.